The van der Waals surface area contributed by atoms with Crippen molar-refractivity contribution in [1.29, 1.82) is 0 Å². The van der Waals surface area contributed by atoms with Crippen molar-refractivity contribution in [3.05, 3.63) is 29.3 Å². The summed E-state index contributed by atoms with van der Waals surface area (Å²) in [6.07, 6.45) is 0.654. The normalized spacial score (nSPS) is 19.2. The highest BCUT2D eigenvalue weighted by atomic mass is 16.5. The van der Waals surface area contributed by atoms with Crippen LogP contribution in [0.3, 0.4) is 0 Å². The maximum atomic E-state index is 12.2. The van der Waals surface area contributed by atoms with Crippen molar-refractivity contribution in [2.24, 2.45) is 17.1 Å². The molecule has 1 aliphatic rings. The third kappa shape index (κ3) is 3.56. The fraction of sp³-hybridized carbons (Fsp3) is 0.588. The van der Waals surface area contributed by atoms with Gasteiger partial charge in [0.2, 0.25) is 5.91 Å². The van der Waals surface area contributed by atoms with E-state index < -0.39 is 0 Å². The Labute approximate surface area is 127 Å². The second-order valence-electron chi connectivity index (χ2n) is 6.89. The molecule has 1 fully saturated rings. The van der Waals surface area contributed by atoms with E-state index in [2.05, 4.69) is 20.8 Å². The van der Waals surface area contributed by atoms with E-state index in [1.807, 2.05) is 23.1 Å². The van der Waals surface area contributed by atoms with Crippen molar-refractivity contribution < 1.29 is 9.53 Å². The predicted molar refractivity (Wildman–Crippen MR) is 83.9 cm³/mol. The molecule has 2 rings (SSSR count). The van der Waals surface area contributed by atoms with Crippen LogP contribution in [-0.2, 0) is 17.9 Å². The third-order valence-corrected chi connectivity index (χ3v) is 4.38. The van der Waals surface area contributed by atoms with Crippen molar-refractivity contribution >= 4 is 5.91 Å². The van der Waals surface area contributed by atoms with Crippen molar-refractivity contribution in [3.63, 3.8) is 0 Å². The van der Waals surface area contributed by atoms with E-state index >= 15 is 0 Å². The molecule has 116 valence electrons. The van der Waals surface area contributed by atoms with Crippen molar-refractivity contribution in [2.45, 2.75) is 40.3 Å². The molecule has 1 saturated heterocycles. The fourth-order valence-electron chi connectivity index (χ4n) is 2.78. The average molecular weight is 290 g/mol. The molecule has 0 radical (unpaired) electrons. The second kappa shape index (κ2) is 6.06. The molecule has 2 N–H and O–H groups in total. The van der Waals surface area contributed by atoms with E-state index in [1.165, 1.54) is 0 Å². The van der Waals surface area contributed by atoms with Gasteiger partial charge in [0, 0.05) is 31.6 Å². The summed E-state index contributed by atoms with van der Waals surface area (Å²) in [4.78, 5) is 14.1. The van der Waals surface area contributed by atoms with Crippen LogP contribution in [0.2, 0.25) is 0 Å². The Balaban J connectivity index is 2.10. The molecule has 1 aliphatic heterocycles. The highest BCUT2D eigenvalue weighted by Gasteiger charge is 2.36. The molecule has 1 aromatic carbocycles. The Morgan fingerprint density at radius 1 is 1.38 bits per heavy atom. The zero-order chi connectivity index (χ0) is 15.6. The second-order valence-corrected chi connectivity index (χ2v) is 6.89. The lowest BCUT2D eigenvalue weighted by atomic mass is 9.80. The molecule has 1 amide bonds. The minimum absolute atomic E-state index is 0.172. The van der Waals surface area contributed by atoms with E-state index in [0.717, 1.165) is 23.4 Å². The zero-order valence-electron chi connectivity index (χ0n) is 13.5. The van der Waals surface area contributed by atoms with Gasteiger partial charge >= 0.3 is 0 Å². The van der Waals surface area contributed by atoms with Gasteiger partial charge in [-0.25, -0.2) is 0 Å². The molecule has 1 heterocycles. The van der Waals surface area contributed by atoms with E-state index in [0.29, 0.717) is 25.4 Å². The molecule has 1 unspecified atom stereocenters. The van der Waals surface area contributed by atoms with Gasteiger partial charge < -0.3 is 15.4 Å². The molecular weight excluding hydrogens is 264 g/mol. The summed E-state index contributed by atoms with van der Waals surface area (Å²) in [7, 11) is 1.65. The maximum Gasteiger partial charge on any atom is 0.223 e. The molecule has 1 atom stereocenters. The smallest absolute Gasteiger partial charge is 0.223 e. The molecule has 1 aromatic rings. The first-order valence-corrected chi connectivity index (χ1v) is 7.48. The van der Waals surface area contributed by atoms with E-state index in [4.69, 9.17) is 10.5 Å². The number of rotatable bonds is 4. The van der Waals surface area contributed by atoms with Crippen LogP contribution in [0.15, 0.2) is 18.2 Å². The summed E-state index contributed by atoms with van der Waals surface area (Å²) >= 11 is 0. The van der Waals surface area contributed by atoms with Crippen LogP contribution in [-0.4, -0.2) is 24.5 Å². The van der Waals surface area contributed by atoms with Crippen LogP contribution < -0.4 is 10.5 Å². The van der Waals surface area contributed by atoms with Gasteiger partial charge in [-0.15, -0.1) is 0 Å². The first-order valence-electron chi connectivity index (χ1n) is 7.48. The van der Waals surface area contributed by atoms with Gasteiger partial charge in [-0.2, -0.15) is 0 Å². The molecule has 0 aromatic heterocycles. The van der Waals surface area contributed by atoms with Crippen molar-refractivity contribution in [3.8, 4) is 5.75 Å². The quantitative estimate of drug-likeness (QED) is 0.927. The molecule has 4 heteroatoms. The number of methoxy groups -OCH3 is 1. The number of nitrogens with two attached hydrogens (primary N) is 1. The van der Waals surface area contributed by atoms with Crippen LogP contribution >= 0.6 is 0 Å². The number of likely N-dealkylation sites (tertiary alicyclic amines) is 1. The Hall–Kier alpha value is -1.55. The standard InChI is InChI=1S/C17H26N2O2/c1-17(2,3)14-8-16(20)19(11-14)10-12-5-6-13(9-18)15(7-12)21-4/h5-7,14H,8-11,18H2,1-4H3. The van der Waals surface area contributed by atoms with Gasteiger partial charge in [0.05, 0.1) is 7.11 Å². The summed E-state index contributed by atoms with van der Waals surface area (Å²) in [6.45, 7) is 8.54. The summed E-state index contributed by atoms with van der Waals surface area (Å²) in [5.41, 5.74) is 7.93. The Bertz CT molecular complexity index is 520. The number of hydrogen-bond donors (Lipinski definition) is 1. The molecule has 0 bridgehead atoms. The van der Waals surface area contributed by atoms with Crippen LogP contribution in [0.25, 0.3) is 0 Å². The van der Waals surface area contributed by atoms with Crippen molar-refractivity contribution in [2.75, 3.05) is 13.7 Å². The van der Waals surface area contributed by atoms with E-state index in [1.54, 1.807) is 7.11 Å². The number of nitrogens with zero attached hydrogens (tertiary/aromatic N) is 1. The Morgan fingerprint density at radius 2 is 2.10 bits per heavy atom. The predicted octanol–water partition coefficient (Wildman–Crippen LogP) is 2.55. The lowest BCUT2D eigenvalue weighted by molar-refractivity contribution is -0.128. The largest absolute Gasteiger partial charge is 0.496 e. The monoisotopic (exact) mass is 290 g/mol. The van der Waals surface area contributed by atoms with Crippen LogP contribution in [0.5, 0.6) is 5.75 Å². The van der Waals surface area contributed by atoms with Gasteiger partial charge in [-0.1, -0.05) is 32.9 Å². The zero-order valence-corrected chi connectivity index (χ0v) is 13.5. The van der Waals surface area contributed by atoms with Crippen LogP contribution in [0.4, 0.5) is 0 Å². The molecule has 21 heavy (non-hydrogen) atoms. The van der Waals surface area contributed by atoms with Gasteiger partial charge in [0.1, 0.15) is 5.75 Å². The van der Waals surface area contributed by atoms with E-state index in [-0.39, 0.29) is 11.3 Å². The summed E-state index contributed by atoms with van der Waals surface area (Å²) in [6, 6.07) is 6.00. The third-order valence-electron chi connectivity index (χ3n) is 4.38. The number of hydrogen-bond acceptors (Lipinski definition) is 3. The first-order chi connectivity index (χ1) is 9.85. The van der Waals surface area contributed by atoms with Gasteiger partial charge in [0.25, 0.3) is 0 Å². The maximum absolute atomic E-state index is 12.2. The summed E-state index contributed by atoms with van der Waals surface area (Å²) in [5, 5.41) is 0. The highest BCUT2D eigenvalue weighted by molar-refractivity contribution is 5.78. The molecule has 4 nitrogen and oxygen atoms in total. The Kier molecular flexibility index (Phi) is 4.57. The average Bonchev–Trinajstić information content (AvgIpc) is 2.80. The molecule has 0 saturated carbocycles. The minimum Gasteiger partial charge on any atom is -0.496 e. The van der Waals surface area contributed by atoms with E-state index in [9.17, 15) is 4.79 Å². The van der Waals surface area contributed by atoms with Gasteiger partial charge in [-0.3, -0.25) is 4.79 Å². The lowest BCUT2D eigenvalue weighted by Gasteiger charge is -2.26. The summed E-state index contributed by atoms with van der Waals surface area (Å²) in [5.74, 6) is 1.47. The number of benzene rings is 1. The van der Waals surface area contributed by atoms with Crippen LogP contribution in [0.1, 0.15) is 38.3 Å². The fourth-order valence-corrected chi connectivity index (χ4v) is 2.78. The molecule has 0 aliphatic carbocycles. The lowest BCUT2D eigenvalue weighted by Crippen LogP contribution is -2.27. The minimum atomic E-state index is 0.172. The number of ether oxygens (including phenoxy) is 1. The van der Waals surface area contributed by atoms with Gasteiger partial charge in [0.15, 0.2) is 0 Å². The molecule has 0 spiro atoms. The highest BCUT2D eigenvalue weighted by Crippen LogP contribution is 2.35. The molecular formula is C17H26N2O2. The Morgan fingerprint density at radius 3 is 2.62 bits per heavy atom. The van der Waals surface area contributed by atoms with Crippen LogP contribution in [0, 0.1) is 11.3 Å². The SMILES string of the molecule is COc1cc(CN2CC(C(C)(C)C)CC2=O)ccc1CN. The topological polar surface area (TPSA) is 55.6 Å². The first kappa shape index (κ1) is 15.8. The summed E-state index contributed by atoms with van der Waals surface area (Å²) < 4.78 is 5.36. The van der Waals surface area contributed by atoms with Crippen molar-refractivity contribution in [1.82, 2.24) is 4.90 Å². The number of carbonyl (C=O) groups is 1. The number of carbonyl (C=O) groups excluding carboxylic acids is 1. The van der Waals surface area contributed by atoms with Gasteiger partial charge in [-0.05, 0) is 23.0 Å². The number of amides is 1.